The Labute approximate surface area is 77.0 Å². The standard InChI is InChI=1S/C10H13NO2/c12-10(13)8-2-1-7-3-4-11-6-9(7)5-8/h1-2,5,10-13H,3-4,6H2. The Balaban J connectivity index is 2.35. The lowest BCUT2D eigenvalue weighted by molar-refractivity contribution is -0.0425. The molecule has 0 spiro atoms. The summed E-state index contributed by atoms with van der Waals surface area (Å²) in [6, 6.07) is 5.60. The van der Waals surface area contributed by atoms with Crippen molar-refractivity contribution in [3.63, 3.8) is 0 Å². The van der Waals surface area contributed by atoms with Gasteiger partial charge in [0.2, 0.25) is 0 Å². The Morgan fingerprint density at radius 3 is 2.85 bits per heavy atom. The number of aliphatic hydroxyl groups is 2. The van der Waals surface area contributed by atoms with Gasteiger partial charge in [-0.3, -0.25) is 0 Å². The van der Waals surface area contributed by atoms with Gasteiger partial charge in [-0.25, -0.2) is 0 Å². The average molecular weight is 179 g/mol. The molecule has 13 heavy (non-hydrogen) atoms. The molecule has 0 saturated heterocycles. The molecular weight excluding hydrogens is 166 g/mol. The smallest absolute Gasteiger partial charge is 0.178 e. The molecule has 1 heterocycles. The zero-order valence-corrected chi connectivity index (χ0v) is 7.33. The fourth-order valence-corrected chi connectivity index (χ4v) is 1.66. The molecule has 0 aromatic heterocycles. The van der Waals surface area contributed by atoms with Crippen LogP contribution in [0.15, 0.2) is 18.2 Å². The van der Waals surface area contributed by atoms with E-state index in [2.05, 4.69) is 5.32 Å². The number of hydrogen-bond donors (Lipinski definition) is 3. The van der Waals surface area contributed by atoms with E-state index in [-0.39, 0.29) is 0 Å². The third kappa shape index (κ3) is 1.72. The van der Waals surface area contributed by atoms with E-state index in [0.29, 0.717) is 5.56 Å². The number of aliphatic hydroxyl groups excluding tert-OH is 1. The van der Waals surface area contributed by atoms with Gasteiger partial charge in [0.25, 0.3) is 0 Å². The molecule has 0 radical (unpaired) electrons. The summed E-state index contributed by atoms with van der Waals surface area (Å²) in [5, 5.41) is 21.2. The normalized spacial score (nSPS) is 15.9. The molecule has 70 valence electrons. The van der Waals surface area contributed by atoms with E-state index in [1.807, 2.05) is 12.1 Å². The molecule has 3 nitrogen and oxygen atoms in total. The summed E-state index contributed by atoms with van der Waals surface area (Å²) in [7, 11) is 0. The van der Waals surface area contributed by atoms with Crippen molar-refractivity contribution >= 4 is 0 Å². The molecule has 1 aromatic rings. The van der Waals surface area contributed by atoms with Crippen LogP contribution < -0.4 is 5.32 Å². The molecule has 1 aromatic carbocycles. The summed E-state index contributed by atoms with van der Waals surface area (Å²) in [6.07, 6.45) is -0.329. The predicted molar refractivity (Wildman–Crippen MR) is 49.0 cm³/mol. The quantitative estimate of drug-likeness (QED) is 0.544. The highest BCUT2D eigenvalue weighted by Crippen LogP contribution is 2.18. The van der Waals surface area contributed by atoms with Gasteiger partial charge in [-0.1, -0.05) is 12.1 Å². The maximum absolute atomic E-state index is 8.96. The molecule has 0 aliphatic carbocycles. The Hall–Kier alpha value is -0.900. The number of benzene rings is 1. The van der Waals surface area contributed by atoms with E-state index in [9.17, 15) is 0 Å². The first-order chi connectivity index (χ1) is 6.27. The minimum absolute atomic E-state index is 0.572. The molecule has 0 unspecified atom stereocenters. The van der Waals surface area contributed by atoms with Crippen LogP contribution in [0.1, 0.15) is 23.0 Å². The first-order valence-electron chi connectivity index (χ1n) is 4.46. The van der Waals surface area contributed by atoms with Gasteiger partial charge in [-0.15, -0.1) is 0 Å². The SMILES string of the molecule is OC(O)c1ccc2c(c1)CNCC2. The molecule has 3 N–H and O–H groups in total. The van der Waals surface area contributed by atoms with E-state index in [1.54, 1.807) is 6.07 Å². The topological polar surface area (TPSA) is 52.5 Å². The average Bonchev–Trinajstić information content (AvgIpc) is 2.17. The van der Waals surface area contributed by atoms with E-state index >= 15 is 0 Å². The molecule has 0 amide bonds. The van der Waals surface area contributed by atoms with Gasteiger partial charge >= 0.3 is 0 Å². The van der Waals surface area contributed by atoms with Crippen molar-refractivity contribution in [2.45, 2.75) is 19.3 Å². The molecule has 0 bridgehead atoms. The van der Waals surface area contributed by atoms with Crippen LogP contribution in [0.25, 0.3) is 0 Å². The molecular formula is C10H13NO2. The van der Waals surface area contributed by atoms with Crippen LogP contribution in [0, 0.1) is 0 Å². The molecule has 0 fully saturated rings. The zero-order chi connectivity index (χ0) is 9.26. The van der Waals surface area contributed by atoms with Crippen LogP contribution in [-0.4, -0.2) is 16.8 Å². The summed E-state index contributed by atoms with van der Waals surface area (Å²) in [5.74, 6) is 0. The second-order valence-electron chi connectivity index (χ2n) is 3.33. The van der Waals surface area contributed by atoms with E-state index in [1.165, 1.54) is 11.1 Å². The van der Waals surface area contributed by atoms with Gasteiger partial charge in [-0.05, 0) is 30.2 Å². The van der Waals surface area contributed by atoms with Crippen LogP contribution in [0.2, 0.25) is 0 Å². The van der Waals surface area contributed by atoms with Crippen molar-refractivity contribution in [1.82, 2.24) is 5.32 Å². The van der Waals surface area contributed by atoms with Gasteiger partial charge in [0.05, 0.1) is 0 Å². The van der Waals surface area contributed by atoms with Crippen LogP contribution >= 0.6 is 0 Å². The van der Waals surface area contributed by atoms with Crippen LogP contribution in [0.4, 0.5) is 0 Å². The minimum atomic E-state index is -1.35. The molecule has 0 saturated carbocycles. The lowest BCUT2D eigenvalue weighted by Gasteiger charge is -2.18. The summed E-state index contributed by atoms with van der Waals surface area (Å²) >= 11 is 0. The zero-order valence-electron chi connectivity index (χ0n) is 7.33. The fraction of sp³-hybridized carbons (Fsp3) is 0.400. The van der Waals surface area contributed by atoms with E-state index in [0.717, 1.165) is 19.5 Å². The largest absolute Gasteiger partial charge is 0.364 e. The minimum Gasteiger partial charge on any atom is -0.364 e. The van der Waals surface area contributed by atoms with Crippen molar-refractivity contribution in [2.24, 2.45) is 0 Å². The molecule has 3 heteroatoms. The highest BCUT2D eigenvalue weighted by molar-refractivity contribution is 5.34. The Morgan fingerprint density at radius 1 is 1.23 bits per heavy atom. The lowest BCUT2D eigenvalue weighted by atomic mass is 9.98. The first kappa shape index (κ1) is 8.69. The number of nitrogens with one attached hydrogen (secondary N) is 1. The van der Waals surface area contributed by atoms with Crippen molar-refractivity contribution < 1.29 is 10.2 Å². The van der Waals surface area contributed by atoms with E-state index in [4.69, 9.17) is 10.2 Å². The van der Waals surface area contributed by atoms with Crippen molar-refractivity contribution in [1.29, 1.82) is 0 Å². The Bertz CT molecular complexity index is 310. The predicted octanol–water partition coefficient (Wildman–Crippen LogP) is 0.315. The monoisotopic (exact) mass is 179 g/mol. The summed E-state index contributed by atoms with van der Waals surface area (Å²) in [5.41, 5.74) is 3.06. The summed E-state index contributed by atoms with van der Waals surface area (Å²) < 4.78 is 0. The molecule has 0 atom stereocenters. The first-order valence-corrected chi connectivity index (χ1v) is 4.46. The van der Waals surface area contributed by atoms with E-state index < -0.39 is 6.29 Å². The number of fused-ring (bicyclic) bond motifs is 1. The second-order valence-corrected chi connectivity index (χ2v) is 3.33. The van der Waals surface area contributed by atoms with Gasteiger partial charge in [0.1, 0.15) is 0 Å². The molecule has 1 aliphatic heterocycles. The maximum Gasteiger partial charge on any atom is 0.178 e. The third-order valence-electron chi connectivity index (χ3n) is 2.42. The maximum atomic E-state index is 8.96. The lowest BCUT2D eigenvalue weighted by Crippen LogP contribution is -2.23. The summed E-state index contributed by atoms with van der Waals surface area (Å²) in [6.45, 7) is 1.84. The van der Waals surface area contributed by atoms with Crippen molar-refractivity contribution in [3.05, 3.63) is 34.9 Å². The Morgan fingerprint density at radius 2 is 2.08 bits per heavy atom. The van der Waals surface area contributed by atoms with Crippen LogP contribution in [-0.2, 0) is 13.0 Å². The van der Waals surface area contributed by atoms with Crippen molar-refractivity contribution in [3.8, 4) is 0 Å². The highest BCUT2D eigenvalue weighted by atomic mass is 16.5. The fourth-order valence-electron chi connectivity index (χ4n) is 1.66. The van der Waals surface area contributed by atoms with Gasteiger partial charge in [0, 0.05) is 12.1 Å². The van der Waals surface area contributed by atoms with Crippen molar-refractivity contribution in [2.75, 3.05) is 6.54 Å². The highest BCUT2D eigenvalue weighted by Gasteiger charge is 2.10. The summed E-state index contributed by atoms with van der Waals surface area (Å²) in [4.78, 5) is 0. The Kier molecular flexibility index (Phi) is 2.31. The molecule has 1 aliphatic rings. The van der Waals surface area contributed by atoms with Gasteiger partial charge in [-0.2, -0.15) is 0 Å². The second kappa shape index (κ2) is 3.46. The van der Waals surface area contributed by atoms with Crippen LogP contribution in [0.5, 0.6) is 0 Å². The molecule has 2 rings (SSSR count). The van der Waals surface area contributed by atoms with Gasteiger partial charge in [0.15, 0.2) is 6.29 Å². The van der Waals surface area contributed by atoms with Crippen LogP contribution in [0.3, 0.4) is 0 Å². The third-order valence-corrected chi connectivity index (χ3v) is 2.42. The number of hydrogen-bond acceptors (Lipinski definition) is 3. The number of rotatable bonds is 1. The van der Waals surface area contributed by atoms with Gasteiger partial charge < -0.3 is 15.5 Å².